The van der Waals surface area contributed by atoms with Crippen LogP contribution in [0.3, 0.4) is 0 Å². The molecule has 0 aliphatic carbocycles. The summed E-state index contributed by atoms with van der Waals surface area (Å²) in [6, 6.07) is 12.8. The van der Waals surface area contributed by atoms with E-state index in [0.29, 0.717) is 12.1 Å². The molecule has 1 aliphatic heterocycles. The number of hydrogen-bond acceptors (Lipinski definition) is 4. The number of anilines is 1. The van der Waals surface area contributed by atoms with E-state index in [4.69, 9.17) is 4.74 Å². The van der Waals surface area contributed by atoms with Gasteiger partial charge in [0.15, 0.2) is 0 Å². The van der Waals surface area contributed by atoms with Gasteiger partial charge in [-0.15, -0.1) is 0 Å². The molecule has 6 nitrogen and oxygen atoms in total. The van der Waals surface area contributed by atoms with Gasteiger partial charge in [-0.2, -0.15) is 0 Å². The highest BCUT2D eigenvalue weighted by atomic mass is 32.2. The molecule has 2 aromatic carbocycles. The van der Waals surface area contributed by atoms with Crippen molar-refractivity contribution in [2.75, 3.05) is 17.1 Å². The van der Waals surface area contributed by atoms with Gasteiger partial charge in [0.05, 0.1) is 18.0 Å². The first-order valence-corrected chi connectivity index (χ1v) is 11.4. The van der Waals surface area contributed by atoms with Gasteiger partial charge in [0.2, 0.25) is 15.9 Å². The number of carbonyl (C=O) groups excluding carboxylic acids is 1. The minimum absolute atomic E-state index is 0.250. The number of nitrogens with zero attached hydrogens (tertiary/aromatic N) is 1. The van der Waals surface area contributed by atoms with Gasteiger partial charge in [-0.05, 0) is 51.0 Å². The predicted octanol–water partition coefficient (Wildman–Crippen LogP) is 3.49. The van der Waals surface area contributed by atoms with E-state index in [1.54, 1.807) is 12.1 Å². The molecule has 0 fully saturated rings. The number of amides is 1. The van der Waals surface area contributed by atoms with E-state index in [1.165, 1.54) is 0 Å². The normalized spacial score (nSPS) is 17.8. The second kappa shape index (κ2) is 7.71. The molecule has 1 atom stereocenters. The van der Waals surface area contributed by atoms with Crippen molar-refractivity contribution in [1.82, 2.24) is 5.32 Å². The van der Waals surface area contributed by atoms with Crippen LogP contribution in [0.2, 0.25) is 0 Å². The Morgan fingerprint density at radius 1 is 1.21 bits per heavy atom. The van der Waals surface area contributed by atoms with Crippen molar-refractivity contribution in [3.8, 4) is 5.75 Å². The number of carbonyl (C=O) groups is 1. The summed E-state index contributed by atoms with van der Waals surface area (Å²) < 4.78 is 32.0. The Bertz CT molecular complexity index is 1030. The molecule has 29 heavy (non-hydrogen) atoms. The lowest BCUT2D eigenvalue weighted by molar-refractivity contribution is -0.120. The fourth-order valence-corrected chi connectivity index (χ4v) is 4.60. The number of rotatable bonds is 5. The molecule has 1 amide bonds. The number of sulfonamides is 1. The molecule has 156 valence electrons. The molecule has 2 aromatic rings. The molecule has 0 aromatic heterocycles. The second-order valence-electron chi connectivity index (χ2n) is 8.28. The van der Waals surface area contributed by atoms with Crippen LogP contribution in [0.1, 0.15) is 43.0 Å². The molecule has 1 unspecified atom stereocenters. The van der Waals surface area contributed by atoms with Gasteiger partial charge in [0.25, 0.3) is 0 Å². The van der Waals surface area contributed by atoms with E-state index in [0.717, 1.165) is 33.0 Å². The summed E-state index contributed by atoms with van der Waals surface area (Å²) >= 11 is 0. The average Bonchev–Trinajstić information content (AvgIpc) is 2.58. The van der Waals surface area contributed by atoms with Crippen molar-refractivity contribution in [3.63, 3.8) is 0 Å². The van der Waals surface area contributed by atoms with Gasteiger partial charge in [-0.1, -0.05) is 30.3 Å². The maximum absolute atomic E-state index is 12.9. The van der Waals surface area contributed by atoms with E-state index in [2.05, 4.69) is 5.32 Å². The van der Waals surface area contributed by atoms with Crippen LogP contribution in [-0.2, 0) is 14.8 Å². The zero-order chi connectivity index (χ0) is 21.4. The van der Waals surface area contributed by atoms with Crippen molar-refractivity contribution >= 4 is 21.6 Å². The third-order valence-electron chi connectivity index (χ3n) is 5.03. The minimum Gasteiger partial charge on any atom is -0.487 e. The summed E-state index contributed by atoms with van der Waals surface area (Å²) in [5.41, 5.74) is 2.84. The summed E-state index contributed by atoms with van der Waals surface area (Å²) in [4.78, 5) is 12.9. The quantitative estimate of drug-likeness (QED) is 0.810. The number of hydrogen-bond donors (Lipinski definition) is 1. The monoisotopic (exact) mass is 416 g/mol. The summed E-state index contributed by atoms with van der Waals surface area (Å²) in [6.45, 7) is 7.50. The van der Waals surface area contributed by atoms with Gasteiger partial charge in [0, 0.05) is 12.0 Å². The highest BCUT2D eigenvalue weighted by Gasteiger charge is 2.35. The molecule has 0 saturated heterocycles. The maximum Gasteiger partial charge on any atom is 0.241 e. The SMILES string of the molecule is Cc1ccc2c(c1)OC(C)(C)CC2NC(=O)CN(c1ccccc1C)S(C)(=O)=O. The van der Waals surface area contributed by atoms with E-state index in [-0.39, 0.29) is 18.5 Å². The van der Waals surface area contributed by atoms with Crippen LogP contribution in [0.4, 0.5) is 5.69 Å². The van der Waals surface area contributed by atoms with E-state index in [1.807, 2.05) is 58.0 Å². The molecule has 0 spiro atoms. The molecule has 0 radical (unpaired) electrons. The number of para-hydroxylation sites is 1. The van der Waals surface area contributed by atoms with Gasteiger partial charge in [0.1, 0.15) is 17.9 Å². The van der Waals surface area contributed by atoms with Gasteiger partial charge in [-0.25, -0.2) is 8.42 Å². The molecule has 3 rings (SSSR count). The fraction of sp³-hybridized carbons (Fsp3) is 0.409. The second-order valence-corrected chi connectivity index (χ2v) is 10.2. The molecule has 0 saturated carbocycles. The zero-order valence-corrected chi connectivity index (χ0v) is 18.3. The van der Waals surface area contributed by atoms with Crippen LogP contribution >= 0.6 is 0 Å². The van der Waals surface area contributed by atoms with Gasteiger partial charge >= 0.3 is 0 Å². The topological polar surface area (TPSA) is 75.7 Å². The molecule has 1 heterocycles. The standard InChI is InChI=1S/C22H28N2O4S/c1-15-10-11-17-18(13-22(3,4)28-20(17)12-15)23-21(25)14-24(29(5,26)27)19-9-7-6-8-16(19)2/h6-12,18H,13-14H2,1-5H3,(H,23,25). The number of nitrogens with one attached hydrogen (secondary N) is 1. The van der Waals surface area contributed by atoms with Crippen LogP contribution in [0.5, 0.6) is 5.75 Å². The lowest BCUT2D eigenvalue weighted by Crippen LogP contribution is -2.45. The summed E-state index contributed by atoms with van der Waals surface area (Å²) in [5, 5.41) is 3.02. The molecule has 1 N–H and O–H groups in total. The van der Waals surface area contributed by atoms with Crippen LogP contribution < -0.4 is 14.4 Å². The Hall–Kier alpha value is -2.54. The third-order valence-corrected chi connectivity index (χ3v) is 6.16. The molecular formula is C22H28N2O4S. The van der Waals surface area contributed by atoms with Gasteiger partial charge < -0.3 is 10.1 Å². The average molecular weight is 417 g/mol. The van der Waals surface area contributed by atoms with Crippen LogP contribution in [0.25, 0.3) is 0 Å². The Balaban J connectivity index is 1.85. The Kier molecular flexibility index (Phi) is 5.63. The lowest BCUT2D eigenvalue weighted by Gasteiger charge is -2.38. The van der Waals surface area contributed by atoms with Gasteiger partial charge in [-0.3, -0.25) is 9.10 Å². The summed E-state index contributed by atoms with van der Waals surface area (Å²) in [7, 11) is -3.62. The number of aryl methyl sites for hydroxylation is 2. The smallest absolute Gasteiger partial charge is 0.241 e. The molecule has 1 aliphatic rings. The summed E-state index contributed by atoms with van der Waals surface area (Å²) in [5.74, 6) is 0.401. The molecule has 0 bridgehead atoms. The molecular weight excluding hydrogens is 388 g/mol. The lowest BCUT2D eigenvalue weighted by atomic mass is 9.89. The van der Waals surface area contributed by atoms with Crippen LogP contribution in [-0.4, -0.2) is 32.7 Å². The Morgan fingerprint density at radius 3 is 2.55 bits per heavy atom. The van der Waals surface area contributed by atoms with Crippen LogP contribution in [0, 0.1) is 13.8 Å². The first kappa shape index (κ1) is 21.2. The molecule has 7 heteroatoms. The largest absolute Gasteiger partial charge is 0.487 e. The number of benzene rings is 2. The van der Waals surface area contributed by atoms with E-state index in [9.17, 15) is 13.2 Å². The first-order valence-electron chi connectivity index (χ1n) is 9.58. The zero-order valence-electron chi connectivity index (χ0n) is 17.5. The predicted molar refractivity (Wildman–Crippen MR) is 115 cm³/mol. The van der Waals surface area contributed by atoms with Crippen molar-refractivity contribution < 1.29 is 17.9 Å². The van der Waals surface area contributed by atoms with Crippen LogP contribution in [0.15, 0.2) is 42.5 Å². The minimum atomic E-state index is -3.62. The Morgan fingerprint density at radius 2 is 1.90 bits per heavy atom. The highest BCUT2D eigenvalue weighted by Crippen LogP contribution is 2.39. The van der Waals surface area contributed by atoms with Crippen molar-refractivity contribution in [2.24, 2.45) is 0 Å². The number of fused-ring (bicyclic) bond motifs is 1. The number of ether oxygens (including phenoxy) is 1. The van der Waals surface area contributed by atoms with E-state index < -0.39 is 15.6 Å². The van der Waals surface area contributed by atoms with Crippen molar-refractivity contribution in [3.05, 3.63) is 59.2 Å². The fourth-order valence-electron chi connectivity index (χ4n) is 3.68. The van der Waals surface area contributed by atoms with Crippen molar-refractivity contribution in [1.29, 1.82) is 0 Å². The van der Waals surface area contributed by atoms with E-state index >= 15 is 0 Å². The summed E-state index contributed by atoms with van der Waals surface area (Å²) in [6.07, 6.45) is 1.71. The maximum atomic E-state index is 12.9. The highest BCUT2D eigenvalue weighted by molar-refractivity contribution is 7.92. The Labute approximate surface area is 172 Å². The first-order chi connectivity index (χ1) is 13.5. The van der Waals surface area contributed by atoms with Crippen molar-refractivity contribution in [2.45, 2.75) is 45.8 Å². The third kappa shape index (κ3) is 4.90.